The van der Waals surface area contributed by atoms with Crippen LogP contribution in [0, 0.1) is 0 Å². The van der Waals surface area contributed by atoms with Gasteiger partial charge in [-0.1, -0.05) is 29.3 Å². The largest absolute Gasteiger partial charge is 0.316 e. The molecule has 15 heavy (non-hydrogen) atoms. The van der Waals surface area contributed by atoms with Crippen molar-refractivity contribution in [1.82, 2.24) is 5.01 Å². The summed E-state index contributed by atoms with van der Waals surface area (Å²) in [5.74, 6) is 4.89. The monoisotopic (exact) mass is 247 g/mol. The minimum atomic E-state index is -0.824. The standard InChI is InChI=1S/C9H11Cl2N3O/c1-14(13)9(15)8(12)5-2-3-6(10)7(11)4-5/h2-4,8H,12-13H2,1H3. The van der Waals surface area contributed by atoms with Gasteiger partial charge in [0.25, 0.3) is 5.91 Å². The number of likely N-dealkylation sites (N-methyl/N-ethyl adjacent to an activating group) is 1. The summed E-state index contributed by atoms with van der Waals surface area (Å²) in [6, 6.07) is 3.95. The first kappa shape index (κ1) is 12.3. The number of hydrazine groups is 1. The van der Waals surface area contributed by atoms with E-state index in [0.29, 0.717) is 15.6 Å². The Labute approximate surface area is 97.7 Å². The molecule has 1 aromatic carbocycles. The van der Waals surface area contributed by atoms with E-state index in [1.54, 1.807) is 18.2 Å². The highest BCUT2D eigenvalue weighted by Crippen LogP contribution is 2.25. The third-order valence-corrected chi connectivity index (χ3v) is 2.66. The molecule has 6 heteroatoms. The lowest BCUT2D eigenvalue weighted by atomic mass is 10.1. The van der Waals surface area contributed by atoms with Crippen molar-refractivity contribution in [2.75, 3.05) is 7.05 Å². The molecule has 1 rings (SSSR count). The number of carbonyl (C=O) groups is 1. The van der Waals surface area contributed by atoms with Crippen molar-refractivity contribution in [1.29, 1.82) is 0 Å². The Morgan fingerprint density at radius 2 is 2.00 bits per heavy atom. The van der Waals surface area contributed by atoms with Gasteiger partial charge in [-0.3, -0.25) is 9.80 Å². The average molecular weight is 248 g/mol. The number of carbonyl (C=O) groups excluding carboxylic acids is 1. The molecule has 0 aliphatic heterocycles. The van der Waals surface area contributed by atoms with E-state index in [1.165, 1.54) is 7.05 Å². The Bertz CT molecular complexity index is 382. The van der Waals surface area contributed by atoms with Gasteiger partial charge in [-0.25, -0.2) is 5.84 Å². The normalized spacial score (nSPS) is 12.3. The first-order valence-electron chi connectivity index (χ1n) is 4.16. The molecule has 0 fully saturated rings. The molecule has 1 atom stereocenters. The Kier molecular flexibility index (Phi) is 3.93. The van der Waals surface area contributed by atoms with Crippen LogP contribution in [0.25, 0.3) is 0 Å². The maximum Gasteiger partial charge on any atom is 0.257 e. The summed E-state index contributed by atoms with van der Waals surface area (Å²) in [4.78, 5) is 11.4. The molecule has 0 bridgehead atoms. The van der Waals surface area contributed by atoms with E-state index in [4.69, 9.17) is 34.8 Å². The second-order valence-electron chi connectivity index (χ2n) is 3.10. The van der Waals surface area contributed by atoms with Crippen LogP contribution in [-0.4, -0.2) is 18.0 Å². The predicted octanol–water partition coefficient (Wildman–Crippen LogP) is 1.33. The maximum absolute atomic E-state index is 11.4. The Morgan fingerprint density at radius 3 is 2.47 bits per heavy atom. The minimum absolute atomic E-state index is 0.358. The van der Waals surface area contributed by atoms with Gasteiger partial charge >= 0.3 is 0 Å². The number of nitrogens with two attached hydrogens (primary N) is 2. The number of hydrogen-bond acceptors (Lipinski definition) is 3. The molecule has 0 saturated heterocycles. The quantitative estimate of drug-likeness (QED) is 0.471. The fourth-order valence-electron chi connectivity index (χ4n) is 1.07. The maximum atomic E-state index is 11.4. The van der Waals surface area contributed by atoms with Gasteiger partial charge in [0.05, 0.1) is 10.0 Å². The zero-order valence-corrected chi connectivity index (χ0v) is 9.59. The Hall–Kier alpha value is -0.810. The van der Waals surface area contributed by atoms with Gasteiger partial charge in [0, 0.05) is 7.05 Å². The number of amides is 1. The molecule has 4 nitrogen and oxygen atoms in total. The highest BCUT2D eigenvalue weighted by molar-refractivity contribution is 6.42. The molecule has 0 aliphatic carbocycles. The topological polar surface area (TPSA) is 72.3 Å². The van der Waals surface area contributed by atoms with Crippen molar-refractivity contribution < 1.29 is 4.79 Å². The van der Waals surface area contributed by atoms with Crippen molar-refractivity contribution >= 4 is 29.1 Å². The van der Waals surface area contributed by atoms with Gasteiger partial charge in [-0.05, 0) is 17.7 Å². The molecule has 1 amide bonds. The SMILES string of the molecule is CN(N)C(=O)C(N)c1ccc(Cl)c(Cl)c1. The molecule has 0 radical (unpaired) electrons. The fourth-order valence-corrected chi connectivity index (χ4v) is 1.37. The summed E-state index contributed by atoms with van der Waals surface area (Å²) in [5, 5.41) is 1.71. The summed E-state index contributed by atoms with van der Waals surface area (Å²) < 4.78 is 0. The molecule has 1 unspecified atom stereocenters. The van der Waals surface area contributed by atoms with Crippen LogP contribution in [0.4, 0.5) is 0 Å². The first-order valence-corrected chi connectivity index (χ1v) is 4.92. The molecule has 0 saturated carbocycles. The number of benzene rings is 1. The van der Waals surface area contributed by atoms with E-state index in [0.717, 1.165) is 5.01 Å². The first-order chi connectivity index (χ1) is 6.93. The van der Waals surface area contributed by atoms with Gasteiger partial charge < -0.3 is 5.73 Å². The molecular formula is C9H11Cl2N3O. The zero-order chi connectivity index (χ0) is 11.6. The molecule has 1 aromatic rings. The summed E-state index contributed by atoms with van der Waals surface area (Å²) in [5.41, 5.74) is 6.26. The molecule has 82 valence electrons. The van der Waals surface area contributed by atoms with Crippen molar-refractivity contribution in [2.24, 2.45) is 11.6 Å². The molecule has 4 N–H and O–H groups in total. The summed E-state index contributed by atoms with van der Waals surface area (Å²) >= 11 is 11.5. The molecular weight excluding hydrogens is 237 g/mol. The van der Waals surface area contributed by atoms with Crippen molar-refractivity contribution in [3.63, 3.8) is 0 Å². The molecule has 0 aromatic heterocycles. The second-order valence-corrected chi connectivity index (χ2v) is 3.91. The van der Waals surface area contributed by atoms with Crippen molar-refractivity contribution in [3.05, 3.63) is 33.8 Å². The van der Waals surface area contributed by atoms with E-state index in [-0.39, 0.29) is 0 Å². The number of nitrogens with zero attached hydrogens (tertiary/aromatic N) is 1. The molecule has 0 heterocycles. The van der Waals surface area contributed by atoms with Gasteiger partial charge in [-0.15, -0.1) is 0 Å². The van der Waals surface area contributed by atoms with Crippen LogP contribution in [0.5, 0.6) is 0 Å². The highest BCUT2D eigenvalue weighted by Gasteiger charge is 2.18. The minimum Gasteiger partial charge on any atom is -0.316 e. The third kappa shape index (κ3) is 2.82. The van der Waals surface area contributed by atoms with E-state index >= 15 is 0 Å². The van der Waals surface area contributed by atoms with E-state index in [9.17, 15) is 4.79 Å². The van der Waals surface area contributed by atoms with E-state index < -0.39 is 11.9 Å². The van der Waals surface area contributed by atoms with Crippen LogP contribution in [0.2, 0.25) is 10.0 Å². The van der Waals surface area contributed by atoms with Crippen LogP contribution in [-0.2, 0) is 4.79 Å². The van der Waals surface area contributed by atoms with Crippen LogP contribution >= 0.6 is 23.2 Å². The summed E-state index contributed by atoms with van der Waals surface area (Å²) in [7, 11) is 1.43. The lowest BCUT2D eigenvalue weighted by Crippen LogP contribution is -2.40. The molecule has 0 spiro atoms. The number of hydrogen-bond donors (Lipinski definition) is 2. The summed E-state index contributed by atoms with van der Waals surface area (Å²) in [6.45, 7) is 0. The van der Waals surface area contributed by atoms with Crippen LogP contribution < -0.4 is 11.6 Å². The van der Waals surface area contributed by atoms with Crippen LogP contribution in [0.1, 0.15) is 11.6 Å². The van der Waals surface area contributed by atoms with Gasteiger partial charge in [-0.2, -0.15) is 0 Å². The number of halogens is 2. The van der Waals surface area contributed by atoms with Crippen LogP contribution in [0.3, 0.4) is 0 Å². The van der Waals surface area contributed by atoms with E-state index in [1.807, 2.05) is 0 Å². The highest BCUT2D eigenvalue weighted by atomic mass is 35.5. The van der Waals surface area contributed by atoms with Crippen molar-refractivity contribution in [3.8, 4) is 0 Å². The average Bonchev–Trinajstić information content (AvgIpc) is 2.19. The zero-order valence-electron chi connectivity index (χ0n) is 8.08. The van der Waals surface area contributed by atoms with E-state index in [2.05, 4.69) is 0 Å². The molecule has 0 aliphatic rings. The van der Waals surface area contributed by atoms with Gasteiger partial charge in [0.2, 0.25) is 0 Å². The third-order valence-electron chi connectivity index (χ3n) is 1.92. The lowest BCUT2D eigenvalue weighted by molar-refractivity contribution is -0.131. The Balaban J connectivity index is 2.97. The van der Waals surface area contributed by atoms with Gasteiger partial charge in [0.1, 0.15) is 6.04 Å². The predicted molar refractivity (Wildman–Crippen MR) is 60.3 cm³/mol. The van der Waals surface area contributed by atoms with Gasteiger partial charge in [0.15, 0.2) is 0 Å². The lowest BCUT2D eigenvalue weighted by Gasteiger charge is -2.16. The van der Waals surface area contributed by atoms with Crippen LogP contribution in [0.15, 0.2) is 18.2 Å². The Morgan fingerprint density at radius 1 is 1.40 bits per heavy atom. The number of rotatable bonds is 2. The second kappa shape index (κ2) is 4.81. The smallest absolute Gasteiger partial charge is 0.257 e. The fraction of sp³-hybridized carbons (Fsp3) is 0.222. The summed E-state index contributed by atoms with van der Waals surface area (Å²) in [6.07, 6.45) is 0. The van der Waals surface area contributed by atoms with Crippen molar-refractivity contribution in [2.45, 2.75) is 6.04 Å².